The fourth-order valence-corrected chi connectivity index (χ4v) is 2.72. The molecule has 0 amide bonds. The van der Waals surface area contributed by atoms with Gasteiger partial charge in [0.15, 0.2) is 5.82 Å². The number of carbonyl (C=O) groups excluding carboxylic acids is 1. The number of methoxy groups -OCH3 is 1. The van der Waals surface area contributed by atoms with Crippen LogP contribution >= 0.6 is 0 Å². The van der Waals surface area contributed by atoms with Crippen molar-refractivity contribution in [2.24, 2.45) is 5.92 Å². The van der Waals surface area contributed by atoms with Crippen molar-refractivity contribution in [3.8, 4) is 0 Å². The Morgan fingerprint density at radius 1 is 1.50 bits per heavy atom. The average molecular weight is 251 g/mol. The average Bonchev–Trinajstić information content (AvgIpc) is 3.02. The summed E-state index contributed by atoms with van der Waals surface area (Å²) in [6.07, 6.45) is 6.39. The van der Waals surface area contributed by atoms with E-state index in [1.165, 1.54) is 20.0 Å². The van der Waals surface area contributed by atoms with Crippen molar-refractivity contribution in [2.45, 2.75) is 51.4 Å². The Morgan fingerprint density at radius 2 is 2.22 bits per heavy atom. The zero-order chi connectivity index (χ0) is 13.0. The molecule has 0 saturated heterocycles. The van der Waals surface area contributed by atoms with Gasteiger partial charge in [-0.25, -0.2) is 4.98 Å². The smallest absolute Gasteiger partial charge is 0.316 e. The minimum Gasteiger partial charge on any atom is -0.468 e. The summed E-state index contributed by atoms with van der Waals surface area (Å²) in [4.78, 5) is 16.4. The second-order valence-corrected chi connectivity index (χ2v) is 4.94. The first-order valence-corrected chi connectivity index (χ1v) is 6.75. The van der Waals surface area contributed by atoms with Gasteiger partial charge in [-0.15, -0.1) is 0 Å². The van der Waals surface area contributed by atoms with Gasteiger partial charge >= 0.3 is 5.97 Å². The first kappa shape index (κ1) is 13.1. The lowest BCUT2D eigenvalue weighted by Gasteiger charge is -2.17. The Morgan fingerprint density at radius 3 is 2.83 bits per heavy atom. The van der Waals surface area contributed by atoms with E-state index in [-0.39, 0.29) is 11.9 Å². The molecule has 1 aliphatic rings. The van der Waals surface area contributed by atoms with Crippen LogP contribution in [0.25, 0.3) is 0 Å². The van der Waals surface area contributed by atoms with Crippen LogP contribution in [0.15, 0.2) is 0 Å². The standard InChI is InChI=1S/C13H21N3O2/c1-3-6-10-14-12(16-15-10)11(13(17)18-2)9-7-4-5-8-9/h9,11H,3-8H2,1-2H3,(H,14,15,16). The van der Waals surface area contributed by atoms with Crippen molar-refractivity contribution < 1.29 is 9.53 Å². The maximum absolute atomic E-state index is 12.0. The SMILES string of the molecule is CCCc1nc(C(C(=O)OC)C2CCCC2)n[nH]1. The van der Waals surface area contributed by atoms with Crippen LogP contribution in [0.4, 0.5) is 0 Å². The normalized spacial score (nSPS) is 17.9. The van der Waals surface area contributed by atoms with E-state index >= 15 is 0 Å². The molecule has 1 heterocycles. The van der Waals surface area contributed by atoms with E-state index in [4.69, 9.17) is 4.74 Å². The lowest BCUT2D eigenvalue weighted by atomic mass is 9.90. The molecule has 1 atom stereocenters. The molecule has 5 heteroatoms. The number of aryl methyl sites for hydroxylation is 1. The molecule has 1 aliphatic carbocycles. The second kappa shape index (κ2) is 5.98. The van der Waals surface area contributed by atoms with Crippen molar-refractivity contribution in [1.29, 1.82) is 0 Å². The lowest BCUT2D eigenvalue weighted by molar-refractivity contribution is -0.144. The van der Waals surface area contributed by atoms with Crippen molar-refractivity contribution in [3.05, 3.63) is 11.6 Å². The number of nitrogens with zero attached hydrogens (tertiary/aromatic N) is 2. The highest BCUT2D eigenvalue weighted by atomic mass is 16.5. The number of nitrogens with one attached hydrogen (secondary N) is 1. The zero-order valence-corrected chi connectivity index (χ0v) is 11.1. The predicted molar refractivity (Wildman–Crippen MR) is 67.1 cm³/mol. The van der Waals surface area contributed by atoms with Crippen LogP contribution in [-0.2, 0) is 16.0 Å². The van der Waals surface area contributed by atoms with E-state index in [1.54, 1.807) is 0 Å². The van der Waals surface area contributed by atoms with Gasteiger partial charge in [0, 0.05) is 6.42 Å². The molecule has 0 bridgehead atoms. The summed E-state index contributed by atoms with van der Waals surface area (Å²) in [5, 5.41) is 7.13. The minimum absolute atomic E-state index is 0.205. The molecule has 100 valence electrons. The molecule has 1 aromatic heterocycles. The van der Waals surface area contributed by atoms with Gasteiger partial charge < -0.3 is 4.74 Å². The summed E-state index contributed by atoms with van der Waals surface area (Å²) in [6.45, 7) is 2.09. The number of aromatic amines is 1. The molecule has 0 spiro atoms. The first-order valence-electron chi connectivity index (χ1n) is 6.75. The first-order chi connectivity index (χ1) is 8.76. The summed E-state index contributed by atoms with van der Waals surface area (Å²) in [5.41, 5.74) is 0. The van der Waals surface area contributed by atoms with Gasteiger partial charge in [0.05, 0.1) is 7.11 Å². The Bertz CT molecular complexity index is 397. The third kappa shape index (κ3) is 2.71. The van der Waals surface area contributed by atoms with Crippen molar-refractivity contribution >= 4 is 5.97 Å². The van der Waals surface area contributed by atoms with Gasteiger partial charge in [-0.2, -0.15) is 5.10 Å². The topological polar surface area (TPSA) is 67.9 Å². The number of H-pyrrole nitrogens is 1. The number of carbonyl (C=O) groups is 1. The van der Waals surface area contributed by atoms with Crippen LogP contribution < -0.4 is 0 Å². The quantitative estimate of drug-likeness (QED) is 0.815. The fourth-order valence-electron chi connectivity index (χ4n) is 2.72. The maximum atomic E-state index is 12.0. The van der Waals surface area contributed by atoms with Crippen LogP contribution in [0.1, 0.15) is 56.6 Å². The molecule has 1 saturated carbocycles. The summed E-state index contributed by atoms with van der Waals surface area (Å²) in [7, 11) is 1.43. The molecule has 1 aromatic rings. The number of hydrogen-bond acceptors (Lipinski definition) is 4. The van der Waals surface area contributed by atoms with Crippen LogP contribution in [0.3, 0.4) is 0 Å². The summed E-state index contributed by atoms with van der Waals surface area (Å²) in [5.74, 6) is 1.31. The Balaban J connectivity index is 2.18. The molecule has 2 rings (SSSR count). The minimum atomic E-state index is -0.292. The maximum Gasteiger partial charge on any atom is 0.316 e. The van der Waals surface area contributed by atoms with E-state index in [0.29, 0.717) is 11.7 Å². The molecule has 1 unspecified atom stereocenters. The van der Waals surface area contributed by atoms with E-state index < -0.39 is 0 Å². The molecular formula is C13H21N3O2. The van der Waals surface area contributed by atoms with Crippen molar-refractivity contribution in [1.82, 2.24) is 15.2 Å². The van der Waals surface area contributed by atoms with Crippen LogP contribution in [0.2, 0.25) is 0 Å². The highest BCUT2D eigenvalue weighted by Gasteiger charge is 2.35. The Kier molecular flexibility index (Phi) is 4.33. The van der Waals surface area contributed by atoms with E-state index in [2.05, 4.69) is 22.1 Å². The van der Waals surface area contributed by atoms with E-state index in [9.17, 15) is 4.79 Å². The van der Waals surface area contributed by atoms with Crippen molar-refractivity contribution in [2.75, 3.05) is 7.11 Å². The summed E-state index contributed by atoms with van der Waals surface area (Å²) >= 11 is 0. The molecule has 0 aromatic carbocycles. The van der Waals surface area contributed by atoms with Gasteiger partial charge in [-0.3, -0.25) is 9.89 Å². The van der Waals surface area contributed by atoms with Crippen molar-refractivity contribution in [3.63, 3.8) is 0 Å². The lowest BCUT2D eigenvalue weighted by Crippen LogP contribution is -2.22. The number of ether oxygens (including phenoxy) is 1. The third-order valence-electron chi connectivity index (χ3n) is 3.64. The molecule has 5 nitrogen and oxygen atoms in total. The van der Waals surface area contributed by atoms with Crippen LogP contribution in [0, 0.1) is 5.92 Å². The zero-order valence-electron chi connectivity index (χ0n) is 11.1. The van der Waals surface area contributed by atoms with Crippen LogP contribution in [-0.4, -0.2) is 28.3 Å². The highest BCUT2D eigenvalue weighted by molar-refractivity contribution is 5.77. The highest BCUT2D eigenvalue weighted by Crippen LogP contribution is 2.36. The predicted octanol–water partition coefficient (Wildman–Crippen LogP) is 2.20. The molecule has 0 aliphatic heterocycles. The number of esters is 1. The molecule has 1 fully saturated rings. The van der Waals surface area contributed by atoms with E-state index in [1.807, 2.05) is 0 Å². The van der Waals surface area contributed by atoms with Gasteiger partial charge in [-0.1, -0.05) is 19.8 Å². The third-order valence-corrected chi connectivity index (χ3v) is 3.64. The Labute approximate surface area is 107 Å². The van der Waals surface area contributed by atoms with E-state index in [0.717, 1.165) is 31.5 Å². The number of aromatic nitrogens is 3. The number of rotatable bonds is 5. The molecule has 0 radical (unpaired) electrons. The second-order valence-electron chi connectivity index (χ2n) is 4.94. The molecule has 1 N–H and O–H groups in total. The van der Waals surface area contributed by atoms with Gasteiger partial charge in [0.1, 0.15) is 11.7 Å². The molecular weight excluding hydrogens is 230 g/mol. The van der Waals surface area contributed by atoms with Gasteiger partial charge in [0.25, 0.3) is 0 Å². The summed E-state index contributed by atoms with van der Waals surface area (Å²) in [6, 6.07) is 0. The number of hydrogen-bond donors (Lipinski definition) is 1. The Hall–Kier alpha value is -1.39. The largest absolute Gasteiger partial charge is 0.468 e. The monoisotopic (exact) mass is 251 g/mol. The summed E-state index contributed by atoms with van der Waals surface area (Å²) < 4.78 is 4.92. The fraction of sp³-hybridized carbons (Fsp3) is 0.769. The van der Waals surface area contributed by atoms with Gasteiger partial charge in [-0.05, 0) is 25.2 Å². The van der Waals surface area contributed by atoms with Crippen LogP contribution in [0.5, 0.6) is 0 Å². The van der Waals surface area contributed by atoms with Gasteiger partial charge in [0.2, 0.25) is 0 Å². The molecule has 18 heavy (non-hydrogen) atoms.